The topological polar surface area (TPSA) is 66.6 Å². The standard InChI is InChI=1S/C29H31N3O3S/c1-4-35-26-14-15-27-23(17-26)16-24(28(33)31-27)19-32(18-21-10-12-25(34-3)13-11-21)29(36)30-20(2)22-8-6-5-7-9-22/h5-17,20H,4,18-19H2,1-3H3,(H,30,36)(H,31,33)/t20-/m1/s1. The minimum atomic E-state index is -0.134. The number of thiocarbonyl (C=S) groups is 1. The Morgan fingerprint density at radius 2 is 1.72 bits per heavy atom. The van der Waals surface area contributed by atoms with Crippen molar-refractivity contribution in [2.75, 3.05) is 13.7 Å². The summed E-state index contributed by atoms with van der Waals surface area (Å²) in [6.07, 6.45) is 0. The van der Waals surface area contributed by atoms with Gasteiger partial charge in [-0.3, -0.25) is 4.79 Å². The van der Waals surface area contributed by atoms with Crippen molar-refractivity contribution in [2.24, 2.45) is 0 Å². The highest BCUT2D eigenvalue weighted by Crippen LogP contribution is 2.21. The fraction of sp³-hybridized carbons (Fsp3) is 0.241. The molecular weight excluding hydrogens is 470 g/mol. The van der Waals surface area contributed by atoms with Gasteiger partial charge in [0, 0.05) is 23.0 Å². The quantitative estimate of drug-likeness (QED) is 0.292. The third-order valence-corrected chi connectivity index (χ3v) is 6.40. The zero-order valence-corrected chi connectivity index (χ0v) is 21.6. The van der Waals surface area contributed by atoms with E-state index in [4.69, 9.17) is 21.7 Å². The number of aromatic amines is 1. The van der Waals surface area contributed by atoms with Gasteiger partial charge in [-0.1, -0.05) is 42.5 Å². The molecule has 1 heterocycles. The number of H-pyrrole nitrogens is 1. The molecule has 186 valence electrons. The molecule has 7 heteroatoms. The number of nitrogens with one attached hydrogen (secondary N) is 2. The van der Waals surface area contributed by atoms with Gasteiger partial charge in [-0.05, 0) is 73.6 Å². The van der Waals surface area contributed by atoms with Gasteiger partial charge in [0.25, 0.3) is 5.56 Å². The number of benzene rings is 3. The lowest BCUT2D eigenvalue weighted by Gasteiger charge is -2.28. The van der Waals surface area contributed by atoms with Crippen LogP contribution in [0.3, 0.4) is 0 Å². The largest absolute Gasteiger partial charge is 0.497 e. The van der Waals surface area contributed by atoms with Crippen LogP contribution in [0.1, 0.15) is 36.6 Å². The molecule has 1 aromatic heterocycles. The number of rotatable bonds is 9. The van der Waals surface area contributed by atoms with Crippen LogP contribution in [0.5, 0.6) is 11.5 Å². The number of hydrogen-bond donors (Lipinski definition) is 2. The van der Waals surface area contributed by atoms with E-state index in [2.05, 4.69) is 29.4 Å². The number of ether oxygens (including phenoxy) is 2. The lowest BCUT2D eigenvalue weighted by atomic mass is 10.1. The van der Waals surface area contributed by atoms with E-state index >= 15 is 0 Å². The molecule has 4 aromatic rings. The second-order valence-corrected chi connectivity index (χ2v) is 8.98. The molecule has 0 bridgehead atoms. The Labute approximate surface area is 216 Å². The Bertz CT molecular complexity index is 1370. The monoisotopic (exact) mass is 501 g/mol. The fourth-order valence-electron chi connectivity index (χ4n) is 4.06. The van der Waals surface area contributed by atoms with E-state index in [0.29, 0.717) is 30.4 Å². The average molecular weight is 502 g/mol. The van der Waals surface area contributed by atoms with Gasteiger partial charge in [0.1, 0.15) is 11.5 Å². The molecule has 1 atom stereocenters. The maximum atomic E-state index is 13.0. The molecule has 0 unspecified atom stereocenters. The highest BCUT2D eigenvalue weighted by molar-refractivity contribution is 7.80. The molecule has 4 rings (SSSR count). The number of methoxy groups -OCH3 is 1. The second-order valence-electron chi connectivity index (χ2n) is 8.59. The molecule has 36 heavy (non-hydrogen) atoms. The van der Waals surface area contributed by atoms with Crippen molar-refractivity contribution in [3.05, 3.63) is 106 Å². The minimum absolute atomic E-state index is 0.0145. The molecule has 0 spiro atoms. The average Bonchev–Trinajstić information content (AvgIpc) is 2.90. The molecule has 6 nitrogen and oxygen atoms in total. The molecule has 0 aliphatic rings. The Morgan fingerprint density at radius 3 is 2.42 bits per heavy atom. The van der Waals surface area contributed by atoms with Crippen molar-refractivity contribution in [1.82, 2.24) is 15.2 Å². The zero-order valence-electron chi connectivity index (χ0n) is 20.8. The lowest BCUT2D eigenvalue weighted by Crippen LogP contribution is -2.41. The van der Waals surface area contributed by atoms with Crippen molar-refractivity contribution in [3.8, 4) is 11.5 Å². The number of hydrogen-bond acceptors (Lipinski definition) is 4. The Balaban J connectivity index is 1.62. The van der Waals surface area contributed by atoms with E-state index in [-0.39, 0.29) is 11.6 Å². The molecule has 0 radical (unpaired) electrons. The maximum absolute atomic E-state index is 13.0. The van der Waals surface area contributed by atoms with Crippen LogP contribution in [-0.4, -0.2) is 28.7 Å². The SMILES string of the molecule is CCOc1ccc2[nH]c(=O)c(CN(Cc3ccc(OC)cc3)C(=S)N[C@H](C)c3ccccc3)cc2c1. The van der Waals surface area contributed by atoms with Crippen LogP contribution in [0.2, 0.25) is 0 Å². The van der Waals surface area contributed by atoms with Gasteiger partial charge < -0.3 is 24.7 Å². The van der Waals surface area contributed by atoms with Crippen LogP contribution >= 0.6 is 12.2 Å². The molecule has 0 amide bonds. The van der Waals surface area contributed by atoms with Gasteiger partial charge in [0.2, 0.25) is 0 Å². The minimum Gasteiger partial charge on any atom is -0.497 e. The van der Waals surface area contributed by atoms with Crippen LogP contribution < -0.4 is 20.3 Å². The molecule has 0 aliphatic carbocycles. The first-order valence-corrected chi connectivity index (χ1v) is 12.4. The van der Waals surface area contributed by atoms with Gasteiger partial charge in [-0.2, -0.15) is 0 Å². The first-order valence-electron chi connectivity index (χ1n) is 12.0. The van der Waals surface area contributed by atoms with Crippen LogP contribution in [0.15, 0.2) is 83.7 Å². The molecule has 0 saturated carbocycles. The zero-order chi connectivity index (χ0) is 25.5. The summed E-state index contributed by atoms with van der Waals surface area (Å²) in [5.41, 5.74) is 3.46. The first-order chi connectivity index (χ1) is 17.5. The van der Waals surface area contributed by atoms with Crippen molar-refractivity contribution < 1.29 is 9.47 Å². The van der Waals surface area contributed by atoms with Gasteiger partial charge in [-0.25, -0.2) is 0 Å². The first kappa shape index (κ1) is 25.3. The highest BCUT2D eigenvalue weighted by Gasteiger charge is 2.17. The summed E-state index contributed by atoms with van der Waals surface area (Å²) < 4.78 is 10.9. The van der Waals surface area contributed by atoms with Crippen molar-refractivity contribution in [3.63, 3.8) is 0 Å². The summed E-state index contributed by atoms with van der Waals surface area (Å²) in [4.78, 5) is 18.0. The van der Waals surface area contributed by atoms with Gasteiger partial charge >= 0.3 is 0 Å². The van der Waals surface area contributed by atoms with Crippen LogP contribution in [-0.2, 0) is 13.1 Å². The lowest BCUT2D eigenvalue weighted by molar-refractivity contribution is 0.340. The third-order valence-electron chi connectivity index (χ3n) is 6.02. The summed E-state index contributed by atoms with van der Waals surface area (Å²) in [7, 11) is 1.65. The fourth-order valence-corrected chi connectivity index (χ4v) is 4.37. The predicted molar refractivity (Wildman–Crippen MR) is 149 cm³/mol. The summed E-state index contributed by atoms with van der Waals surface area (Å²) in [6, 6.07) is 25.6. The normalized spacial score (nSPS) is 11.6. The van der Waals surface area contributed by atoms with Crippen LogP contribution in [0.25, 0.3) is 10.9 Å². The summed E-state index contributed by atoms with van der Waals surface area (Å²) in [6.45, 7) is 5.49. The Hall–Kier alpha value is -3.84. The molecular formula is C29H31N3O3S. The van der Waals surface area contributed by atoms with Gasteiger partial charge in [0.15, 0.2) is 5.11 Å². The van der Waals surface area contributed by atoms with E-state index in [1.54, 1.807) is 7.11 Å². The third kappa shape index (κ3) is 6.23. The molecule has 0 fully saturated rings. The van der Waals surface area contributed by atoms with Gasteiger partial charge in [0.05, 0.1) is 26.3 Å². The Morgan fingerprint density at radius 1 is 1.00 bits per heavy atom. The highest BCUT2D eigenvalue weighted by atomic mass is 32.1. The van der Waals surface area contributed by atoms with Crippen LogP contribution in [0, 0.1) is 0 Å². The van der Waals surface area contributed by atoms with E-state index in [9.17, 15) is 4.79 Å². The summed E-state index contributed by atoms with van der Waals surface area (Å²) in [5.74, 6) is 1.56. The predicted octanol–water partition coefficient (Wildman–Crippen LogP) is 5.57. The summed E-state index contributed by atoms with van der Waals surface area (Å²) in [5, 5.41) is 4.93. The number of aromatic nitrogens is 1. The van der Waals surface area contributed by atoms with E-state index in [1.807, 2.05) is 78.6 Å². The molecule has 0 aliphatic heterocycles. The van der Waals surface area contributed by atoms with Crippen molar-refractivity contribution in [1.29, 1.82) is 0 Å². The molecule has 3 aromatic carbocycles. The van der Waals surface area contributed by atoms with E-state index in [0.717, 1.165) is 33.5 Å². The summed E-state index contributed by atoms with van der Waals surface area (Å²) >= 11 is 5.85. The van der Waals surface area contributed by atoms with Crippen molar-refractivity contribution in [2.45, 2.75) is 33.0 Å². The second kappa shape index (κ2) is 11.7. The van der Waals surface area contributed by atoms with Crippen molar-refractivity contribution >= 4 is 28.2 Å². The van der Waals surface area contributed by atoms with E-state index < -0.39 is 0 Å². The molecule has 0 saturated heterocycles. The number of pyridine rings is 1. The number of nitrogens with zero attached hydrogens (tertiary/aromatic N) is 1. The van der Waals surface area contributed by atoms with Gasteiger partial charge in [-0.15, -0.1) is 0 Å². The smallest absolute Gasteiger partial charge is 0.253 e. The van der Waals surface area contributed by atoms with Crippen LogP contribution in [0.4, 0.5) is 0 Å². The molecule has 2 N–H and O–H groups in total. The maximum Gasteiger partial charge on any atom is 0.253 e. The van der Waals surface area contributed by atoms with E-state index in [1.165, 1.54) is 0 Å². The Kier molecular flexibility index (Phi) is 8.23. The number of fused-ring (bicyclic) bond motifs is 1.